The van der Waals surface area contributed by atoms with Crippen LogP contribution in [0.5, 0.6) is 0 Å². The Morgan fingerprint density at radius 1 is 1.03 bits per heavy atom. The molecule has 1 fully saturated rings. The molecule has 9 heteroatoms. The number of sulfone groups is 1. The quantitative estimate of drug-likeness (QED) is 0.630. The van der Waals surface area contributed by atoms with Gasteiger partial charge in [-0.3, -0.25) is 0 Å². The molecule has 2 aromatic carbocycles. The fourth-order valence-corrected chi connectivity index (χ4v) is 5.33. The first-order valence-corrected chi connectivity index (χ1v) is 11.3. The van der Waals surface area contributed by atoms with E-state index >= 15 is 0 Å². The number of carbonyl (C=O) groups excluding carboxylic acids is 1. The standard InChI is InChI=1S/C22H20F2N2O4S/c23-16-5-8-20(19(24)14-16)25-22(27)26-11-9-18(10-12-26)31(28,29)17-6-3-15(4-7-17)21-2-1-13-30-21/h1-8,13-14,18H,9-12H2,(H,25,27). The number of urea groups is 1. The maximum Gasteiger partial charge on any atom is 0.321 e. The van der Waals surface area contributed by atoms with E-state index in [1.165, 1.54) is 4.90 Å². The Hall–Kier alpha value is -3.20. The molecule has 0 atom stereocenters. The lowest BCUT2D eigenvalue weighted by Gasteiger charge is -2.31. The smallest absolute Gasteiger partial charge is 0.321 e. The number of nitrogens with one attached hydrogen (secondary N) is 1. The lowest BCUT2D eigenvalue weighted by atomic mass is 10.1. The van der Waals surface area contributed by atoms with Gasteiger partial charge in [-0.25, -0.2) is 22.0 Å². The van der Waals surface area contributed by atoms with Crippen LogP contribution in [0.25, 0.3) is 11.3 Å². The number of carbonyl (C=O) groups is 1. The van der Waals surface area contributed by atoms with E-state index in [0.29, 0.717) is 11.8 Å². The lowest BCUT2D eigenvalue weighted by Crippen LogP contribution is -2.44. The molecule has 1 aromatic heterocycles. The van der Waals surface area contributed by atoms with Crippen molar-refractivity contribution >= 4 is 21.6 Å². The van der Waals surface area contributed by atoms with Gasteiger partial charge in [-0.05, 0) is 61.4 Å². The molecule has 2 amide bonds. The van der Waals surface area contributed by atoms with E-state index in [-0.39, 0.29) is 36.5 Å². The second-order valence-corrected chi connectivity index (χ2v) is 9.52. The second kappa shape index (κ2) is 8.50. The lowest BCUT2D eigenvalue weighted by molar-refractivity contribution is 0.200. The highest BCUT2D eigenvalue weighted by atomic mass is 32.2. The van der Waals surface area contributed by atoms with Gasteiger partial charge in [-0.15, -0.1) is 0 Å². The summed E-state index contributed by atoms with van der Waals surface area (Å²) in [6, 6.07) is 12.4. The summed E-state index contributed by atoms with van der Waals surface area (Å²) in [5, 5.41) is 1.78. The van der Waals surface area contributed by atoms with Crippen molar-refractivity contribution in [2.75, 3.05) is 18.4 Å². The molecule has 1 aliphatic heterocycles. The summed E-state index contributed by atoms with van der Waals surface area (Å²) in [4.78, 5) is 14.0. The van der Waals surface area contributed by atoms with Crippen LogP contribution in [-0.2, 0) is 9.84 Å². The number of benzene rings is 2. The van der Waals surface area contributed by atoms with Crippen molar-refractivity contribution in [3.63, 3.8) is 0 Å². The van der Waals surface area contributed by atoms with Gasteiger partial charge in [0.05, 0.1) is 22.1 Å². The highest BCUT2D eigenvalue weighted by Crippen LogP contribution is 2.28. The predicted molar refractivity (Wildman–Crippen MR) is 111 cm³/mol. The number of halogens is 2. The van der Waals surface area contributed by atoms with E-state index in [0.717, 1.165) is 17.7 Å². The fraction of sp³-hybridized carbons (Fsp3) is 0.227. The van der Waals surface area contributed by atoms with Crippen molar-refractivity contribution in [2.24, 2.45) is 0 Å². The van der Waals surface area contributed by atoms with Crippen molar-refractivity contribution in [3.05, 3.63) is 72.5 Å². The number of anilines is 1. The van der Waals surface area contributed by atoms with Gasteiger partial charge in [0.1, 0.15) is 17.4 Å². The summed E-state index contributed by atoms with van der Waals surface area (Å²) < 4.78 is 58.1. The Kier molecular flexibility index (Phi) is 5.77. The predicted octanol–water partition coefficient (Wildman–Crippen LogP) is 4.70. The van der Waals surface area contributed by atoms with Crippen LogP contribution in [0.15, 0.2) is 70.2 Å². The zero-order valence-electron chi connectivity index (χ0n) is 16.4. The molecule has 0 saturated carbocycles. The minimum absolute atomic E-state index is 0.127. The number of likely N-dealkylation sites (tertiary alicyclic amines) is 1. The van der Waals surface area contributed by atoms with Gasteiger partial charge in [0.15, 0.2) is 9.84 Å². The van der Waals surface area contributed by atoms with E-state index < -0.39 is 32.8 Å². The number of hydrogen-bond acceptors (Lipinski definition) is 4. The van der Waals surface area contributed by atoms with Crippen LogP contribution >= 0.6 is 0 Å². The SMILES string of the molecule is O=C(Nc1ccc(F)cc1F)N1CCC(S(=O)(=O)c2ccc(-c3ccco3)cc2)CC1. The molecule has 2 heterocycles. The summed E-state index contributed by atoms with van der Waals surface area (Å²) in [7, 11) is -3.56. The van der Waals surface area contributed by atoms with Gasteiger partial charge < -0.3 is 14.6 Å². The molecule has 0 aliphatic carbocycles. The normalized spacial score (nSPS) is 15.1. The third kappa shape index (κ3) is 4.46. The number of rotatable bonds is 4. The maximum absolute atomic E-state index is 13.7. The number of piperidine rings is 1. The molecule has 3 aromatic rings. The molecule has 162 valence electrons. The molecule has 31 heavy (non-hydrogen) atoms. The highest BCUT2D eigenvalue weighted by molar-refractivity contribution is 7.92. The minimum atomic E-state index is -3.56. The summed E-state index contributed by atoms with van der Waals surface area (Å²) in [6.07, 6.45) is 2.08. The third-order valence-electron chi connectivity index (χ3n) is 5.33. The summed E-state index contributed by atoms with van der Waals surface area (Å²) >= 11 is 0. The Morgan fingerprint density at radius 3 is 2.35 bits per heavy atom. The first-order chi connectivity index (χ1) is 14.8. The largest absolute Gasteiger partial charge is 0.464 e. The molecule has 1 N–H and O–H groups in total. The van der Waals surface area contributed by atoms with E-state index in [2.05, 4.69) is 5.32 Å². The van der Waals surface area contributed by atoms with Crippen molar-refractivity contribution in [3.8, 4) is 11.3 Å². The fourth-order valence-electron chi connectivity index (χ4n) is 3.60. The van der Waals surface area contributed by atoms with Gasteiger partial charge in [0, 0.05) is 24.7 Å². The minimum Gasteiger partial charge on any atom is -0.464 e. The molecular weight excluding hydrogens is 426 g/mol. The van der Waals surface area contributed by atoms with Crippen LogP contribution in [0, 0.1) is 11.6 Å². The molecule has 0 spiro atoms. The summed E-state index contributed by atoms with van der Waals surface area (Å²) in [6.45, 7) is 0.423. The molecule has 1 aliphatic rings. The van der Waals surface area contributed by atoms with Crippen LogP contribution in [0.3, 0.4) is 0 Å². The van der Waals surface area contributed by atoms with Crippen LogP contribution in [-0.4, -0.2) is 37.7 Å². The monoisotopic (exact) mass is 446 g/mol. The van der Waals surface area contributed by atoms with Gasteiger partial charge in [0.25, 0.3) is 0 Å². The average Bonchev–Trinajstić information content (AvgIpc) is 3.31. The molecular formula is C22H20F2N2O4S. The first kappa shape index (κ1) is 21.0. The molecule has 4 rings (SSSR count). The van der Waals surface area contributed by atoms with E-state index in [9.17, 15) is 22.0 Å². The average molecular weight is 446 g/mol. The Balaban J connectivity index is 1.39. The van der Waals surface area contributed by atoms with Gasteiger partial charge in [-0.1, -0.05) is 0 Å². The Labute approximate surface area is 178 Å². The number of furan rings is 1. The van der Waals surface area contributed by atoms with Crippen molar-refractivity contribution < 1.29 is 26.4 Å². The molecule has 6 nitrogen and oxygen atoms in total. The Morgan fingerprint density at radius 2 is 1.74 bits per heavy atom. The van der Waals surface area contributed by atoms with Gasteiger partial charge in [0.2, 0.25) is 0 Å². The maximum atomic E-state index is 13.7. The van der Waals surface area contributed by atoms with E-state index in [1.54, 1.807) is 42.7 Å². The van der Waals surface area contributed by atoms with Gasteiger partial charge in [-0.2, -0.15) is 0 Å². The Bertz CT molecular complexity index is 1170. The first-order valence-electron chi connectivity index (χ1n) is 9.73. The van der Waals surface area contributed by atoms with Crippen LogP contribution < -0.4 is 5.32 Å². The van der Waals surface area contributed by atoms with Crippen LogP contribution in [0.4, 0.5) is 19.3 Å². The summed E-state index contributed by atoms with van der Waals surface area (Å²) in [5.74, 6) is -0.955. The third-order valence-corrected chi connectivity index (χ3v) is 7.61. The topological polar surface area (TPSA) is 79.6 Å². The van der Waals surface area contributed by atoms with Crippen molar-refractivity contribution in [2.45, 2.75) is 23.0 Å². The molecule has 0 unspecified atom stereocenters. The number of nitrogens with zero attached hydrogens (tertiary/aromatic N) is 1. The van der Waals surface area contributed by atoms with Crippen molar-refractivity contribution in [1.29, 1.82) is 0 Å². The van der Waals surface area contributed by atoms with Crippen molar-refractivity contribution in [1.82, 2.24) is 4.90 Å². The van der Waals surface area contributed by atoms with Crippen LogP contribution in [0.2, 0.25) is 0 Å². The van der Waals surface area contributed by atoms with Gasteiger partial charge >= 0.3 is 6.03 Å². The number of hydrogen-bond donors (Lipinski definition) is 1. The molecule has 0 bridgehead atoms. The summed E-state index contributed by atoms with van der Waals surface area (Å²) in [5.41, 5.74) is 0.654. The molecule has 1 saturated heterocycles. The highest BCUT2D eigenvalue weighted by Gasteiger charge is 2.33. The zero-order valence-corrected chi connectivity index (χ0v) is 17.2. The second-order valence-electron chi connectivity index (χ2n) is 7.29. The van der Waals surface area contributed by atoms with E-state index in [1.807, 2.05) is 0 Å². The molecule has 0 radical (unpaired) electrons. The number of amides is 2. The zero-order chi connectivity index (χ0) is 22.0. The van der Waals surface area contributed by atoms with E-state index in [4.69, 9.17) is 4.42 Å². The van der Waals surface area contributed by atoms with Crippen LogP contribution in [0.1, 0.15) is 12.8 Å².